The minimum absolute atomic E-state index is 0.0117. The molecule has 0 aromatic heterocycles. The molecule has 0 aliphatic carbocycles. The number of nitriles is 1. The molecule has 4 aliphatic heterocycles. The molecule has 1 aromatic carbocycles. The molecule has 0 bridgehead atoms. The number of benzene rings is 1. The molecule has 4 aliphatic rings. The Hall–Kier alpha value is -2.77. The monoisotopic (exact) mass is 603 g/mol. The molecule has 9 nitrogen and oxygen atoms in total. The molecule has 2 saturated heterocycles. The molecule has 0 N–H and O–H groups in total. The lowest BCUT2D eigenvalue weighted by molar-refractivity contribution is -0.128. The van der Waals surface area contributed by atoms with Gasteiger partial charge in [0.2, 0.25) is 5.91 Å². The molecule has 1 amide bonds. The molecule has 0 radical (unpaired) electrons. The van der Waals surface area contributed by atoms with Crippen molar-refractivity contribution >= 4 is 40.8 Å². The topological polar surface area (TPSA) is 78.7 Å². The lowest BCUT2D eigenvalue weighted by Crippen LogP contribution is -2.59. The van der Waals surface area contributed by atoms with Crippen molar-refractivity contribution in [3.05, 3.63) is 52.2 Å². The number of hydrogen-bond acceptors (Lipinski definition) is 8. The first kappa shape index (κ1) is 32.7. The van der Waals surface area contributed by atoms with Gasteiger partial charge in [-0.15, -0.1) is 0 Å². The van der Waals surface area contributed by atoms with Crippen LogP contribution in [0.4, 0.5) is 5.69 Å². The van der Waals surface area contributed by atoms with Gasteiger partial charge in [0.05, 0.1) is 41.2 Å². The quantitative estimate of drug-likeness (QED) is 0.464. The summed E-state index contributed by atoms with van der Waals surface area (Å²) in [5, 5.41) is 8.44. The maximum atomic E-state index is 12.0. The summed E-state index contributed by atoms with van der Waals surface area (Å²) in [6, 6.07) is 8.89. The Kier molecular flexibility index (Phi) is 12.3. The minimum atomic E-state index is -0.0117. The van der Waals surface area contributed by atoms with E-state index < -0.39 is 0 Å². The first-order chi connectivity index (χ1) is 19.7. The third-order valence-corrected chi connectivity index (χ3v) is 8.87. The van der Waals surface area contributed by atoms with Crippen molar-refractivity contribution in [1.82, 2.24) is 19.6 Å². The van der Waals surface area contributed by atoms with Crippen LogP contribution >= 0.6 is 23.2 Å². The highest BCUT2D eigenvalue weighted by molar-refractivity contribution is 6.43. The molecule has 0 saturated carbocycles. The average molecular weight is 605 g/mol. The Morgan fingerprint density at radius 2 is 1.85 bits per heavy atom. The molecular weight excluding hydrogens is 561 g/mol. The number of piperazine rings is 1. The molecule has 2 fully saturated rings. The van der Waals surface area contributed by atoms with Crippen LogP contribution < -0.4 is 4.90 Å². The minimum Gasteiger partial charge on any atom is -0.468 e. The number of amides is 1. The summed E-state index contributed by atoms with van der Waals surface area (Å²) >= 11 is 12.7. The normalized spacial score (nSPS) is 22.9. The lowest BCUT2D eigenvalue weighted by atomic mass is 9.98. The van der Waals surface area contributed by atoms with Gasteiger partial charge in [-0.2, -0.15) is 5.26 Å². The molecule has 5 rings (SSSR count). The SMILES string of the molecule is C=CC(=O)N1CCN(C2C3=C(CN(c4cccc(Cl)c4Cl)CC3)N=C(OC)N2C)CC1.CC#N.C[C@@H]1CCCN1C. The van der Waals surface area contributed by atoms with E-state index in [0.717, 1.165) is 43.5 Å². The summed E-state index contributed by atoms with van der Waals surface area (Å²) in [4.78, 5) is 27.7. The number of likely N-dealkylation sites (N-methyl/N-ethyl adjacent to an activating group) is 1. The van der Waals surface area contributed by atoms with E-state index in [4.69, 9.17) is 38.2 Å². The van der Waals surface area contributed by atoms with Crippen molar-refractivity contribution in [2.45, 2.75) is 45.3 Å². The number of halogens is 2. The van der Waals surface area contributed by atoms with Gasteiger partial charge in [0.15, 0.2) is 0 Å². The maximum Gasteiger partial charge on any atom is 0.293 e. The molecule has 1 unspecified atom stereocenters. The first-order valence-corrected chi connectivity index (χ1v) is 14.8. The van der Waals surface area contributed by atoms with Crippen LogP contribution in [0.5, 0.6) is 0 Å². The Morgan fingerprint density at radius 3 is 2.39 bits per heavy atom. The average Bonchev–Trinajstić information content (AvgIpc) is 3.36. The van der Waals surface area contributed by atoms with E-state index in [1.807, 2.05) is 24.1 Å². The fraction of sp³-hybridized carbons (Fsp3) is 0.567. The summed E-state index contributed by atoms with van der Waals surface area (Å²) in [5.41, 5.74) is 3.22. The number of amidine groups is 1. The zero-order valence-corrected chi connectivity index (χ0v) is 26.5. The zero-order valence-electron chi connectivity index (χ0n) is 24.9. The number of rotatable bonds is 3. The van der Waals surface area contributed by atoms with Crippen LogP contribution in [-0.4, -0.2) is 111 Å². The van der Waals surface area contributed by atoms with Crippen LogP contribution in [0.15, 0.2) is 47.1 Å². The molecule has 0 spiro atoms. The van der Waals surface area contributed by atoms with Gasteiger partial charge in [0, 0.05) is 52.7 Å². The third-order valence-electron chi connectivity index (χ3n) is 8.06. The summed E-state index contributed by atoms with van der Waals surface area (Å²) in [6.07, 6.45) is 5.10. The second kappa shape index (κ2) is 15.5. The van der Waals surface area contributed by atoms with E-state index in [0.29, 0.717) is 35.7 Å². The Balaban J connectivity index is 0.000000393. The Labute approximate surface area is 255 Å². The highest BCUT2D eigenvalue weighted by atomic mass is 35.5. The van der Waals surface area contributed by atoms with Crippen LogP contribution in [0, 0.1) is 11.3 Å². The van der Waals surface area contributed by atoms with E-state index >= 15 is 0 Å². The van der Waals surface area contributed by atoms with Gasteiger partial charge >= 0.3 is 0 Å². The third kappa shape index (κ3) is 7.95. The van der Waals surface area contributed by atoms with Crippen LogP contribution in [0.3, 0.4) is 0 Å². The first-order valence-electron chi connectivity index (χ1n) is 14.1. The van der Waals surface area contributed by atoms with Gasteiger partial charge in [-0.25, -0.2) is 4.99 Å². The molecule has 41 heavy (non-hydrogen) atoms. The number of aliphatic imine (C=N–C) groups is 1. The van der Waals surface area contributed by atoms with Crippen molar-refractivity contribution in [3.63, 3.8) is 0 Å². The predicted molar refractivity (Wildman–Crippen MR) is 167 cm³/mol. The molecule has 2 atom stereocenters. The smallest absolute Gasteiger partial charge is 0.293 e. The summed E-state index contributed by atoms with van der Waals surface area (Å²) in [7, 11) is 5.85. The maximum absolute atomic E-state index is 12.0. The van der Waals surface area contributed by atoms with Crippen molar-refractivity contribution < 1.29 is 9.53 Å². The highest BCUT2D eigenvalue weighted by Crippen LogP contribution is 2.37. The van der Waals surface area contributed by atoms with Crippen molar-refractivity contribution in [2.75, 3.05) is 71.9 Å². The highest BCUT2D eigenvalue weighted by Gasteiger charge is 2.38. The number of anilines is 1. The number of hydrogen-bond donors (Lipinski definition) is 0. The largest absolute Gasteiger partial charge is 0.468 e. The van der Waals surface area contributed by atoms with E-state index in [2.05, 4.69) is 40.1 Å². The number of methoxy groups -OCH3 is 1. The second-order valence-electron chi connectivity index (χ2n) is 10.6. The molecule has 1 aromatic rings. The van der Waals surface area contributed by atoms with Gasteiger partial charge < -0.3 is 24.3 Å². The number of likely N-dealkylation sites (tertiary alicyclic amines) is 1. The van der Waals surface area contributed by atoms with Crippen molar-refractivity contribution in [3.8, 4) is 6.07 Å². The van der Waals surface area contributed by atoms with E-state index in [9.17, 15) is 4.79 Å². The number of nitrogens with zero attached hydrogens (tertiary/aromatic N) is 7. The van der Waals surface area contributed by atoms with Crippen molar-refractivity contribution in [1.29, 1.82) is 5.26 Å². The van der Waals surface area contributed by atoms with Gasteiger partial charge in [0.1, 0.15) is 6.17 Å². The van der Waals surface area contributed by atoms with Crippen LogP contribution in [0.1, 0.15) is 33.1 Å². The van der Waals surface area contributed by atoms with Crippen LogP contribution in [-0.2, 0) is 9.53 Å². The van der Waals surface area contributed by atoms with E-state index in [1.165, 1.54) is 38.0 Å². The molecule has 4 heterocycles. The van der Waals surface area contributed by atoms with E-state index in [1.54, 1.807) is 19.2 Å². The standard InChI is InChI=1S/C22H27Cl2N5O2.C6H13N.C2H3N/c1-4-19(30)27-10-12-28(13-11-27)21-15-8-9-29(18-7-5-6-16(23)20(18)24)14-17(15)25-22(31-3)26(21)2;1-6-4-3-5-7(6)2;1-2-3/h4-7,21H,1,8-14H2,2-3H3;6H,3-5H2,1-2H3;1H3/t;6-;/m.1./s1. The molecular formula is C30H43Cl2N7O2. The number of carbonyl (C=O) groups is 1. The Morgan fingerprint density at radius 1 is 1.17 bits per heavy atom. The van der Waals surface area contributed by atoms with Gasteiger partial charge in [-0.05, 0) is 63.6 Å². The van der Waals surface area contributed by atoms with E-state index in [-0.39, 0.29) is 12.1 Å². The fourth-order valence-corrected chi connectivity index (χ4v) is 6.08. The summed E-state index contributed by atoms with van der Waals surface area (Å²) in [5.74, 6) is -0.0117. The summed E-state index contributed by atoms with van der Waals surface area (Å²) < 4.78 is 5.61. The van der Waals surface area contributed by atoms with Gasteiger partial charge in [0.25, 0.3) is 6.02 Å². The Bertz CT molecular complexity index is 1170. The predicted octanol–water partition coefficient (Wildman–Crippen LogP) is 4.69. The van der Waals surface area contributed by atoms with Gasteiger partial charge in [-0.1, -0.05) is 35.8 Å². The fourth-order valence-electron chi connectivity index (χ4n) is 5.67. The van der Waals surface area contributed by atoms with Crippen LogP contribution in [0.25, 0.3) is 0 Å². The zero-order chi connectivity index (χ0) is 30.1. The summed E-state index contributed by atoms with van der Waals surface area (Å²) in [6.45, 7) is 13.0. The lowest BCUT2D eigenvalue weighted by Gasteiger charge is -2.47. The molecule has 224 valence electrons. The van der Waals surface area contributed by atoms with Crippen molar-refractivity contribution in [2.24, 2.45) is 4.99 Å². The van der Waals surface area contributed by atoms with Crippen LogP contribution in [0.2, 0.25) is 10.0 Å². The molecule has 11 heteroatoms. The second-order valence-corrected chi connectivity index (χ2v) is 11.3. The number of carbonyl (C=O) groups excluding carboxylic acids is 1. The van der Waals surface area contributed by atoms with Gasteiger partial charge in [-0.3, -0.25) is 9.69 Å². The number of ether oxygens (including phenoxy) is 1.